The number of nitrogens with zero attached hydrogens (tertiary/aromatic N) is 6. The first-order valence-electron chi connectivity index (χ1n) is 11.0. The second-order valence-electron chi connectivity index (χ2n) is 8.18. The molecule has 180 valence electrons. The van der Waals surface area contributed by atoms with E-state index in [0.717, 1.165) is 5.56 Å². The summed E-state index contributed by atoms with van der Waals surface area (Å²) in [5, 5.41) is 33.0. The van der Waals surface area contributed by atoms with Gasteiger partial charge in [-0.2, -0.15) is 5.26 Å². The quantitative estimate of drug-likeness (QED) is 0.380. The molecule has 3 aromatic heterocycles. The van der Waals surface area contributed by atoms with E-state index < -0.39 is 5.92 Å². The Hall–Kier alpha value is -4.59. The lowest BCUT2D eigenvalue weighted by Gasteiger charge is -2.23. The Bertz CT molecular complexity index is 1940. The molecule has 1 aliphatic heterocycles. The van der Waals surface area contributed by atoms with Gasteiger partial charge in [-0.25, -0.2) is 4.57 Å². The second-order valence-corrected chi connectivity index (χ2v) is 9.57. The van der Waals surface area contributed by atoms with Crippen LogP contribution in [0.15, 0.2) is 59.5 Å². The van der Waals surface area contributed by atoms with Gasteiger partial charge in [-0.15, -0.1) is 21.5 Å². The zero-order valence-electron chi connectivity index (χ0n) is 19.1. The lowest BCUT2D eigenvalue weighted by atomic mass is 9.85. The van der Waals surface area contributed by atoms with Crippen LogP contribution in [0.2, 0.25) is 5.15 Å². The van der Waals surface area contributed by atoms with Crippen LogP contribution < -0.4 is 19.5 Å². The largest absolute Gasteiger partial charge is 0.506 e. The summed E-state index contributed by atoms with van der Waals surface area (Å²) in [6.07, 6.45) is 3.31. The van der Waals surface area contributed by atoms with Crippen molar-refractivity contribution in [1.29, 1.82) is 5.26 Å². The molecule has 0 spiro atoms. The van der Waals surface area contributed by atoms with E-state index in [0.29, 0.717) is 42.5 Å². The standard InChI is InChI=1S/C26H15ClN6O3S/c1-36-15-7-4-13(5-8-15)20-17(12-28)26-33(24-21(20)23(27)30-32-31-24)25(35)19(37-26)11-14-6-9-18(34)22-16(14)3-2-10-29-22/h2-11,20,34H,1H3/b19-11+. The van der Waals surface area contributed by atoms with E-state index in [1.807, 2.05) is 18.2 Å². The Balaban J connectivity index is 1.68. The molecule has 0 bridgehead atoms. The molecule has 0 fully saturated rings. The summed E-state index contributed by atoms with van der Waals surface area (Å²) in [4.78, 5) is 17.9. The van der Waals surface area contributed by atoms with Crippen molar-refractivity contribution in [3.05, 3.63) is 96.1 Å². The van der Waals surface area contributed by atoms with E-state index in [1.165, 1.54) is 22.0 Å². The number of fused-ring (bicyclic) bond motifs is 4. The number of rotatable bonds is 3. The Labute approximate surface area is 217 Å². The number of phenols is 1. The molecule has 37 heavy (non-hydrogen) atoms. The van der Waals surface area contributed by atoms with Crippen LogP contribution in [-0.2, 0) is 0 Å². The summed E-state index contributed by atoms with van der Waals surface area (Å²) in [5.74, 6) is 0.332. The fourth-order valence-corrected chi connectivity index (χ4v) is 5.86. The number of aromatic nitrogens is 5. The minimum absolute atomic E-state index is 0.0451. The smallest absolute Gasteiger partial charge is 0.274 e. The predicted molar refractivity (Wildman–Crippen MR) is 138 cm³/mol. The maximum absolute atomic E-state index is 13.7. The maximum Gasteiger partial charge on any atom is 0.274 e. The molecule has 0 aliphatic carbocycles. The molecular weight excluding hydrogens is 512 g/mol. The number of ether oxygens (including phenoxy) is 1. The normalized spacial score (nSPS) is 14.8. The molecule has 1 unspecified atom stereocenters. The maximum atomic E-state index is 13.7. The van der Waals surface area contributed by atoms with Crippen molar-refractivity contribution in [3.63, 3.8) is 0 Å². The number of hydrogen-bond acceptors (Lipinski definition) is 9. The van der Waals surface area contributed by atoms with Gasteiger partial charge in [0.2, 0.25) is 0 Å². The van der Waals surface area contributed by atoms with E-state index >= 15 is 0 Å². The molecule has 1 atom stereocenters. The van der Waals surface area contributed by atoms with E-state index in [1.54, 1.807) is 43.6 Å². The summed E-state index contributed by atoms with van der Waals surface area (Å²) in [7, 11) is 1.57. The highest BCUT2D eigenvalue weighted by Gasteiger charge is 2.34. The molecule has 9 nitrogen and oxygen atoms in total. The van der Waals surface area contributed by atoms with Crippen molar-refractivity contribution in [1.82, 2.24) is 25.0 Å². The van der Waals surface area contributed by atoms with Crippen molar-refractivity contribution < 1.29 is 9.84 Å². The highest BCUT2D eigenvalue weighted by atomic mass is 35.5. The summed E-state index contributed by atoms with van der Waals surface area (Å²) in [6, 6.07) is 16.4. The average Bonchev–Trinajstić information content (AvgIpc) is 3.25. The van der Waals surface area contributed by atoms with Crippen molar-refractivity contribution >= 4 is 45.5 Å². The van der Waals surface area contributed by atoms with Gasteiger partial charge in [0.1, 0.15) is 21.7 Å². The molecule has 0 saturated heterocycles. The van der Waals surface area contributed by atoms with Crippen molar-refractivity contribution in [3.8, 4) is 23.4 Å². The molecule has 0 radical (unpaired) electrons. The van der Waals surface area contributed by atoms with E-state index in [9.17, 15) is 15.2 Å². The molecule has 11 heteroatoms. The molecule has 2 aromatic carbocycles. The lowest BCUT2D eigenvalue weighted by molar-refractivity contribution is 0.414. The molecule has 1 aliphatic rings. The second kappa shape index (κ2) is 8.81. The Kier molecular flexibility index (Phi) is 5.44. The first-order valence-corrected chi connectivity index (χ1v) is 12.2. The first kappa shape index (κ1) is 22.8. The number of benzene rings is 2. The van der Waals surface area contributed by atoms with Crippen LogP contribution in [0.25, 0.3) is 28.4 Å². The highest BCUT2D eigenvalue weighted by molar-refractivity contribution is 7.07. The van der Waals surface area contributed by atoms with E-state index in [4.69, 9.17) is 16.3 Å². The zero-order chi connectivity index (χ0) is 25.7. The van der Waals surface area contributed by atoms with Crippen LogP contribution >= 0.6 is 22.9 Å². The number of nitriles is 1. The van der Waals surface area contributed by atoms with Gasteiger partial charge in [-0.05, 0) is 46.7 Å². The fraction of sp³-hybridized carbons (Fsp3) is 0.0769. The number of phenolic OH excluding ortho intramolecular Hbond substituents is 1. The SMILES string of the molecule is COc1ccc(C2C(C#N)=c3s/c(=C/c4ccc(O)c5ncccc45)c(=O)n3-c3nnnc(Cl)c32)cc1. The molecule has 4 heterocycles. The van der Waals surface area contributed by atoms with Gasteiger partial charge in [-0.3, -0.25) is 9.78 Å². The summed E-state index contributed by atoms with van der Waals surface area (Å²) in [5.41, 5.74) is 2.29. The van der Waals surface area contributed by atoms with Crippen molar-refractivity contribution in [2.45, 2.75) is 5.92 Å². The first-order chi connectivity index (χ1) is 18.0. The van der Waals surface area contributed by atoms with Crippen LogP contribution in [-0.4, -0.2) is 37.2 Å². The molecule has 1 N–H and O–H groups in total. The molecule has 0 saturated carbocycles. The molecule has 5 aromatic rings. The Morgan fingerprint density at radius 3 is 2.76 bits per heavy atom. The van der Waals surface area contributed by atoms with Crippen LogP contribution in [0.3, 0.4) is 0 Å². The summed E-state index contributed by atoms with van der Waals surface area (Å²) in [6.45, 7) is 0. The van der Waals surface area contributed by atoms with Crippen LogP contribution in [0, 0.1) is 11.3 Å². The van der Waals surface area contributed by atoms with E-state index in [-0.39, 0.29) is 22.3 Å². The number of halogens is 1. The lowest BCUT2D eigenvalue weighted by Crippen LogP contribution is -2.36. The highest BCUT2D eigenvalue weighted by Crippen LogP contribution is 2.40. The van der Waals surface area contributed by atoms with Gasteiger partial charge >= 0.3 is 0 Å². The zero-order valence-corrected chi connectivity index (χ0v) is 20.7. The monoisotopic (exact) mass is 526 g/mol. The number of aromatic hydroxyl groups is 1. The van der Waals surface area contributed by atoms with Gasteiger partial charge in [-0.1, -0.05) is 35.9 Å². The van der Waals surface area contributed by atoms with Crippen molar-refractivity contribution in [2.24, 2.45) is 0 Å². The number of hydrogen-bond donors (Lipinski definition) is 1. The van der Waals surface area contributed by atoms with Gasteiger partial charge in [0.25, 0.3) is 5.56 Å². The molecular formula is C26H15ClN6O3S. The third kappa shape index (κ3) is 3.56. The third-order valence-electron chi connectivity index (χ3n) is 6.22. The van der Waals surface area contributed by atoms with Gasteiger partial charge < -0.3 is 9.84 Å². The van der Waals surface area contributed by atoms with Crippen LogP contribution in [0.1, 0.15) is 22.6 Å². The van der Waals surface area contributed by atoms with Gasteiger partial charge in [0.05, 0.1) is 29.2 Å². The molecule has 6 rings (SSSR count). The predicted octanol–water partition coefficient (Wildman–Crippen LogP) is 2.65. The minimum atomic E-state index is -0.606. The van der Waals surface area contributed by atoms with E-state index in [2.05, 4.69) is 26.5 Å². The Morgan fingerprint density at radius 1 is 1.19 bits per heavy atom. The van der Waals surface area contributed by atoms with Gasteiger partial charge in [0.15, 0.2) is 11.0 Å². The number of thiazole rings is 1. The molecule has 0 amide bonds. The number of methoxy groups -OCH3 is 1. The van der Waals surface area contributed by atoms with Crippen molar-refractivity contribution in [2.75, 3.05) is 7.11 Å². The van der Waals surface area contributed by atoms with Crippen LogP contribution in [0.4, 0.5) is 0 Å². The summed E-state index contributed by atoms with van der Waals surface area (Å²) >= 11 is 7.67. The average molecular weight is 527 g/mol. The summed E-state index contributed by atoms with van der Waals surface area (Å²) < 4.78 is 7.44. The Morgan fingerprint density at radius 2 is 2.00 bits per heavy atom. The minimum Gasteiger partial charge on any atom is -0.506 e. The van der Waals surface area contributed by atoms with Crippen LogP contribution in [0.5, 0.6) is 11.5 Å². The van der Waals surface area contributed by atoms with Gasteiger partial charge in [0, 0.05) is 17.1 Å². The number of pyridine rings is 1. The topological polar surface area (TPSA) is 127 Å². The third-order valence-corrected chi connectivity index (χ3v) is 7.60. The fourth-order valence-electron chi connectivity index (χ4n) is 4.53.